The number of para-hydroxylation sites is 1. The highest BCUT2D eigenvalue weighted by Crippen LogP contribution is 2.28. The summed E-state index contributed by atoms with van der Waals surface area (Å²) in [5.74, 6) is 1.89. The summed E-state index contributed by atoms with van der Waals surface area (Å²) >= 11 is 1.85. The molecule has 0 aliphatic heterocycles. The fourth-order valence-corrected chi connectivity index (χ4v) is 1.75. The number of anilines is 2. The quantitative estimate of drug-likeness (QED) is 0.578. The summed E-state index contributed by atoms with van der Waals surface area (Å²) < 4.78 is 5.14. The number of methoxy groups -OCH3 is 1. The van der Waals surface area contributed by atoms with Crippen molar-refractivity contribution in [3.8, 4) is 5.75 Å². The first-order valence-corrected chi connectivity index (χ1v) is 6.34. The van der Waals surface area contributed by atoms with Gasteiger partial charge >= 0.3 is 0 Å². The SMILES string of the molecule is COc1cccc(NCCCSC)c1N. The van der Waals surface area contributed by atoms with Gasteiger partial charge in [-0.2, -0.15) is 11.8 Å². The molecule has 0 aromatic heterocycles. The Hall–Kier alpha value is -1.03. The van der Waals surface area contributed by atoms with E-state index in [1.165, 1.54) is 0 Å². The van der Waals surface area contributed by atoms with Gasteiger partial charge in [-0.3, -0.25) is 0 Å². The number of nitrogens with one attached hydrogen (secondary N) is 1. The summed E-state index contributed by atoms with van der Waals surface area (Å²) in [5.41, 5.74) is 7.55. The minimum atomic E-state index is 0.684. The van der Waals surface area contributed by atoms with Crippen LogP contribution in [0.3, 0.4) is 0 Å². The highest BCUT2D eigenvalue weighted by atomic mass is 32.2. The van der Waals surface area contributed by atoms with E-state index in [4.69, 9.17) is 10.5 Å². The fraction of sp³-hybridized carbons (Fsp3) is 0.455. The Bertz CT molecular complexity index is 305. The molecule has 1 rings (SSSR count). The van der Waals surface area contributed by atoms with Crippen molar-refractivity contribution >= 4 is 23.1 Å². The average Bonchev–Trinajstić information content (AvgIpc) is 2.26. The van der Waals surface area contributed by atoms with Crippen LogP contribution in [0.5, 0.6) is 5.75 Å². The lowest BCUT2D eigenvalue weighted by atomic mass is 10.2. The molecular weight excluding hydrogens is 208 g/mol. The zero-order chi connectivity index (χ0) is 11.1. The maximum atomic E-state index is 5.92. The lowest BCUT2D eigenvalue weighted by Crippen LogP contribution is -2.05. The molecule has 0 saturated carbocycles. The minimum Gasteiger partial charge on any atom is -0.495 e. The van der Waals surface area contributed by atoms with Crippen LogP contribution in [0.4, 0.5) is 11.4 Å². The highest BCUT2D eigenvalue weighted by Gasteiger charge is 2.03. The van der Waals surface area contributed by atoms with Gasteiger partial charge in [0.05, 0.1) is 18.5 Å². The summed E-state index contributed by atoms with van der Waals surface area (Å²) in [6.07, 6.45) is 3.25. The van der Waals surface area contributed by atoms with Gasteiger partial charge in [-0.25, -0.2) is 0 Å². The van der Waals surface area contributed by atoms with Gasteiger partial charge in [0.2, 0.25) is 0 Å². The number of benzene rings is 1. The molecule has 0 spiro atoms. The summed E-state index contributed by atoms with van der Waals surface area (Å²) in [5, 5.41) is 3.30. The van der Waals surface area contributed by atoms with Gasteiger partial charge in [-0.1, -0.05) is 6.07 Å². The number of hydrogen-bond donors (Lipinski definition) is 2. The van der Waals surface area contributed by atoms with Crippen LogP contribution in [0.1, 0.15) is 6.42 Å². The number of nitrogens with two attached hydrogens (primary N) is 1. The normalized spacial score (nSPS) is 10.0. The standard InChI is InChI=1S/C11H18N2OS/c1-14-10-6-3-5-9(11(10)12)13-7-4-8-15-2/h3,5-6,13H,4,7-8,12H2,1-2H3. The van der Waals surface area contributed by atoms with Crippen molar-refractivity contribution in [1.29, 1.82) is 0 Å². The Morgan fingerprint density at radius 2 is 2.27 bits per heavy atom. The van der Waals surface area contributed by atoms with Crippen LogP contribution in [0, 0.1) is 0 Å². The second-order valence-corrected chi connectivity index (χ2v) is 4.18. The average molecular weight is 226 g/mol. The van der Waals surface area contributed by atoms with Crippen molar-refractivity contribution < 1.29 is 4.74 Å². The Labute approximate surface area is 95.4 Å². The molecule has 0 aliphatic rings. The van der Waals surface area contributed by atoms with Crippen LogP contribution in [0.15, 0.2) is 18.2 Å². The molecule has 0 saturated heterocycles. The second kappa shape index (κ2) is 6.45. The minimum absolute atomic E-state index is 0.684. The van der Waals surface area contributed by atoms with E-state index in [2.05, 4.69) is 11.6 Å². The summed E-state index contributed by atoms with van der Waals surface area (Å²) in [4.78, 5) is 0. The molecule has 1 aromatic rings. The third kappa shape index (κ3) is 3.55. The van der Waals surface area contributed by atoms with Crippen molar-refractivity contribution in [2.75, 3.05) is 36.7 Å². The highest BCUT2D eigenvalue weighted by molar-refractivity contribution is 7.98. The molecule has 1 aromatic carbocycles. The van der Waals surface area contributed by atoms with Crippen LogP contribution < -0.4 is 15.8 Å². The van der Waals surface area contributed by atoms with Gasteiger partial charge in [0.1, 0.15) is 5.75 Å². The molecule has 84 valence electrons. The molecule has 0 bridgehead atoms. The monoisotopic (exact) mass is 226 g/mol. The number of nitrogen functional groups attached to an aromatic ring is 1. The van der Waals surface area contributed by atoms with Gasteiger partial charge in [-0.15, -0.1) is 0 Å². The first-order chi connectivity index (χ1) is 7.29. The Kier molecular flexibility index (Phi) is 5.18. The molecule has 0 aliphatic carbocycles. The maximum absolute atomic E-state index is 5.92. The largest absolute Gasteiger partial charge is 0.495 e. The first kappa shape index (κ1) is 12.0. The van der Waals surface area contributed by atoms with Gasteiger partial charge in [0, 0.05) is 6.54 Å². The van der Waals surface area contributed by atoms with E-state index in [9.17, 15) is 0 Å². The lowest BCUT2D eigenvalue weighted by molar-refractivity contribution is 0.417. The Morgan fingerprint density at radius 3 is 2.93 bits per heavy atom. The smallest absolute Gasteiger partial charge is 0.143 e. The maximum Gasteiger partial charge on any atom is 0.143 e. The predicted molar refractivity (Wildman–Crippen MR) is 68.9 cm³/mol. The molecule has 3 nitrogen and oxygen atoms in total. The van der Waals surface area contributed by atoms with Crippen molar-refractivity contribution in [1.82, 2.24) is 0 Å². The molecule has 0 fully saturated rings. The van der Waals surface area contributed by atoms with Gasteiger partial charge in [0.15, 0.2) is 0 Å². The van der Waals surface area contributed by atoms with E-state index in [1.54, 1.807) is 7.11 Å². The molecule has 3 N–H and O–H groups in total. The molecule has 15 heavy (non-hydrogen) atoms. The van der Waals surface area contributed by atoms with E-state index in [0.29, 0.717) is 5.69 Å². The van der Waals surface area contributed by atoms with Crippen molar-refractivity contribution in [2.24, 2.45) is 0 Å². The topological polar surface area (TPSA) is 47.3 Å². The molecule has 4 heteroatoms. The number of ether oxygens (including phenoxy) is 1. The van der Waals surface area contributed by atoms with Crippen LogP contribution >= 0.6 is 11.8 Å². The Balaban J connectivity index is 2.53. The van der Waals surface area contributed by atoms with Crippen LogP contribution in [0.2, 0.25) is 0 Å². The van der Waals surface area contributed by atoms with Crippen LogP contribution in [0.25, 0.3) is 0 Å². The number of rotatable bonds is 6. The number of hydrogen-bond acceptors (Lipinski definition) is 4. The van der Waals surface area contributed by atoms with Gasteiger partial charge < -0.3 is 15.8 Å². The summed E-state index contributed by atoms with van der Waals surface area (Å²) in [7, 11) is 1.63. The van der Waals surface area contributed by atoms with E-state index in [1.807, 2.05) is 30.0 Å². The summed E-state index contributed by atoms with van der Waals surface area (Å²) in [6, 6.07) is 5.77. The zero-order valence-electron chi connectivity index (χ0n) is 9.25. The van der Waals surface area contributed by atoms with E-state index >= 15 is 0 Å². The number of thioether (sulfide) groups is 1. The first-order valence-electron chi connectivity index (χ1n) is 4.95. The van der Waals surface area contributed by atoms with Gasteiger partial charge in [0.25, 0.3) is 0 Å². The van der Waals surface area contributed by atoms with Crippen molar-refractivity contribution in [3.05, 3.63) is 18.2 Å². The molecule has 0 atom stereocenters. The molecule has 0 unspecified atom stereocenters. The lowest BCUT2D eigenvalue weighted by Gasteiger charge is -2.11. The fourth-order valence-electron chi connectivity index (χ4n) is 1.32. The molecule has 0 heterocycles. The van der Waals surface area contributed by atoms with E-state index in [0.717, 1.165) is 30.2 Å². The predicted octanol–water partition coefficient (Wildman–Crippen LogP) is 2.44. The Morgan fingerprint density at radius 1 is 1.47 bits per heavy atom. The van der Waals surface area contributed by atoms with Crippen molar-refractivity contribution in [3.63, 3.8) is 0 Å². The third-order valence-electron chi connectivity index (χ3n) is 2.13. The van der Waals surface area contributed by atoms with Crippen LogP contribution in [-0.2, 0) is 0 Å². The van der Waals surface area contributed by atoms with Gasteiger partial charge in [-0.05, 0) is 30.6 Å². The third-order valence-corrected chi connectivity index (χ3v) is 2.82. The molecular formula is C11H18N2OS. The zero-order valence-corrected chi connectivity index (χ0v) is 10.1. The van der Waals surface area contributed by atoms with Crippen molar-refractivity contribution in [2.45, 2.75) is 6.42 Å². The second-order valence-electron chi connectivity index (χ2n) is 3.19. The van der Waals surface area contributed by atoms with E-state index in [-0.39, 0.29) is 0 Å². The van der Waals surface area contributed by atoms with E-state index < -0.39 is 0 Å². The molecule has 0 amide bonds. The van der Waals surface area contributed by atoms with Crippen LogP contribution in [-0.4, -0.2) is 25.7 Å². The summed E-state index contributed by atoms with van der Waals surface area (Å²) in [6.45, 7) is 0.943. The molecule has 0 radical (unpaired) electrons.